The molecule has 0 aliphatic heterocycles. The van der Waals surface area contributed by atoms with Gasteiger partial charge in [-0.25, -0.2) is 0 Å². The summed E-state index contributed by atoms with van der Waals surface area (Å²) in [7, 11) is 0. The van der Waals surface area contributed by atoms with Crippen molar-refractivity contribution in [1.82, 2.24) is 0 Å². The second-order valence-corrected chi connectivity index (χ2v) is 0.691. The topological polar surface area (TPSA) is 17.1 Å². The van der Waals surface area contributed by atoms with E-state index in [1.807, 2.05) is 0 Å². The molecule has 1 atom stereocenters. The van der Waals surface area contributed by atoms with Crippen molar-refractivity contribution in [2.45, 2.75) is 6.42 Å². The number of carbonyl (C=O) groups excluding carboxylic acids is 1. The Morgan fingerprint density at radius 1 is 1.67 bits per heavy atom. The summed E-state index contributed by atoms with van der Waals surface area (Å²) in [5.41, 5.74) is 0. The van der Waals surface area contributed by atoms with Crippen LogP contribution in [0.3, 0.4) is 0 Å². The van der Waals surface area contributed by atoms with Gasteiger partial charge in [0.2, 0.25) is 0 Å². The van der Waals surface area contributed by atoms with Crippen LogP contribution in [0.4, 0.5) is 0 Å². The summed E-state index contributed by atoms with van der Waals surface area (Å²) in [5, 5.41) is 0. The van der Waals surface area contributed by atoms with Gasteiger partial charge in [-0.05, 0) is 0 Å². The highest BCUT2D eigenvalue weighted by molar-refractivity contribution is 6.92. The first-order valence-corrected chi connectivity index (χ1v) is 1.46. The van der Waals surface area contributed by atoms with E-state index in [2.05, 4.69) is 6.58 Å². The average Bonchev–Trinajstić information content (AvgIpc) is 1.41. The predicted octanol–water partition coefficient (Wildman–Crippen LogP) is 0.819. The van der Waals surface area contributed by atoms with Crippen molar-refractivity contribution in [2.24, 2.45) is 0 Å². The lowest BCUT2D eigenvalue weighted by Gasteiger charge is -1.59. The summed E-state index contributed by atoms with van der Waals surface area (Å²) in [6.07, 6.45) is 2.85. The Labute approximate surface area is 41.1 Å². The third-order valence-corrected chi connectivity index (χ3v) is 0.263. The molecule has 0 amide bonds. The Morgan fingerprint density at radius 2 is 2.17 bits per heavy atom. The molecule has 0 saturated carbocycles. The van der Waals surface area contributed by atoms with Crippen molar-refractivity contribution in [3.05, 3.63) is 12.7 Å². The minimum Gasteiger partial charge on any atom is -0.303 e. The Balaban J connectivity index is 0. The third-order valence-electron chi connectivity index (χ3n) is 0.263. The van der Waals surface area contributed by atoms with Gasteiger partial charge >= 0.3 is 0 Å². The van der Waals surface area contributed by atoms with Gasteiger partial charge in [0.1, 0.15) is 6.29 Å². The van der Waals surface area contributed by atoms with Crippen molar-refractivity contribution in [3.8, 4) is 0 Å². The minimum absolute atomic E-state index is 0. The first kappa shape index (κ1) is 9.28. The normalized spacial score (nSPS) is 5.33. The molecule has 0 radical (unpaired) electrons. The van der Waals surface area contributed by atoms with Crippen molar-refractivity contribution in [3.63, 3.8) is 0 Å². The van der Waals surface area contributed by atoms with E-state index < -0.39 is 0 Å². The zero-order chi connectivity index (χ0) is 4.12. The number of hydrogen-bond acceptors (Lipinski definition) is 1. The predicted molar refractivity (Wildman–Crippen MR) is 32.0 cm³/mol. The molecule has 0 heterocycles. The standard InChI is InChI=1S/C4H6O.H3P/c1-2-3-4-5;/h2,4H,1,3H2;1H3. The molecular formula is C4H9OP. The molecule has 1 nitrogen and oxygen atoms in total. The molecule has 0 aromatic carbocycles. The van der Waals surface area contributed by atoms with Gasteiger partial charge in [0, 0.05) is 6.42 Å². The highest BCUT2D eigenvalue weighted by Gasteiger charge is 1.59. The van der Waals surface area contributed by atoms with E-state index in [9.17, 15) is 4.79 Å². The first-order chi connectivity index (χ1) is 2.41. The first-order valence-electron chi connectivity index (χ1n) is 1.46. The molecule has 0 aliphatic rings. The van der Waals surface area contributed by atoms with Crippen LogP contribution in [0.15, 0.2) is 12.7 Å². The van der Waals surface area contributed by atoms with Crippen molar-refractivity contribution < 1.29 is 4.79 Å². The van der Waals surface area contributed by atoms with Gasteiger partial charge in [0.15, 0.2) is 0 Å². The molecule has 0 bridgehead atoms. The van der Waals surface area contributed by atoms with Gasteiger partial charge in [0.05, 0.1) is 0 Å². The number of aldehydes is 1. The van der Waals surface area contributed by atoms with Crippen LogP contribution in [0.2, 0.25) is 0 Å². The molecule has 0 fully saturated rings. The summed E-state index contributed by atoms with van der Waals surface area (Å²) >= 11 is 0. The fraction of sp³-hybridized carbons (Fsp3) is 0.250. The second kappa shape index (κ2) is 8.85. The maximum atomic E-state index is 9.33. The van der Waals surface area contributed by atoms with Crippen molar-refractivity contribution in [2.75, 3.05) is 0 Å². The largest absolute Gasteiger partial charge is 0.303 e. The van der Waals surface area contributed by atoms with Gasteiger partial charge in [-0.3, -0.25) is 0 Å². The fourth-order valence-electron chi connectivity index (χ4n) is 0.0680. The molecule has 0 aromatic rings. The fourth-order valence-corrected chi connectivity index (χ4v) is 0.0680. The Bertz CT molecular complexity index is 36.8. The van der Waals surface area contributed by atoms with E-state index >= 15 is 0 Å². The van der Waals surface area contributed by atoms with Crippen LogP contribution in [0.5, 0.6) is 0 Å². The maximum absolute atomic E-state index is 9.33. The molecule has 0 saturated heterocycles. The Kier molecular flexibility index (Phi) is 13.7. The van der Waals surface area contributed by atoms with E-state index in [0.29, 0.717) is 6.42 Å². The van der Waals surface area contributed by atoms with E-state index in [1.165, 1.54) is 0 Å². The number of carbonyl (C=O) groups is 1. The summed E-state index contributed by atoms with van der Waals surface area (Å²) < 4.78 is 0. The molecule has 6 heavy (non-hydrogen) atoms. The highest BCUT2D eigenvalue weighted by Crippen LogP contribution is 1.64. The molecule has 0 aliphatic carbocycles. The second-order valence-electron chi connectivity index (χ2n) is 0.691. The van der Waals surface area contributed by atoms with E-state index in [1.54, 1.807) is 6.08 Å². The average molecular weight is 104 g/mol. The van der Waals surface area contributed by atoms with E-state index in [-0.39, 0.29) is 9.90 Å². The lowest BCUT2D eigenvalue weighted by Crippen LogP contribution is -1.59. The van der Waals surface area contributed by atoms with Crippen LogP contribution >= 0.6 is 9.90 Å². The molecular weight excluding hydrogens is 95.0 g/mol. The maximum Gasteiger partial charge on any atom is 0.123 e. The summed E-state index contributed by atoms with van der Waals surface area (Å²) in [6, 6.07) is 0. The SMILES string of the molecule is C=CCC=O.P. The Hall–Kier alpha value is -0.160. The third kappa shape index (κ3) is 9.15. The minimum atomic E-state index is 0. The number of hydrogen-bond donors (Lipinski definition) is 0. The van der Waals surface area contributed by atoms with Gasteiger partial charge in [0.25, 0.3) is 0 Å². The number of rotatable bonds is 2. The van der Waals surface area contributed by atoms with Crippen LogP contribution in [0, 0.1) is 0 Å². The zero-order valence-corrected chi connectivity index (χ0v) is 5.10. The van der Waals surface area contributed by atoms with Gasteiger partial charge < -0.3 is 4.79 Å². The molecule has 0 N–H and O–H groups in total. The molecule has 2 heteroatoms. The van der Waals surface area contributed by atoms with Crippen LogP contribution in [0.1, 0.15) is 6.42 Å². The summed E-state index contributed by atoms with van der Waals surface area (Å²) in [4.78, 5) is 9.33. The monoisotopic (exact) mass is 104 g/mol. The lowest BCUT2D eigenvalue weighted by atomic mass is 10.5. The molecule has 36 valence electrons. The molecule has 1 unspecified atom stereocenters. The molecule has 0 spiro atoms. The zero-order valence-electron chi connectivity index (χ0n) is 3.68. The molecule has 0 aromatic heterocycles. The Morgan fingerprint density at radius 3 is 2.17 bits per heavy atom. The number of allylic oxidation sites excluding steroid dienone is 1. The van der Waals surface area contributed by atoms with Gasteiger partial charge in [-0.15, -0.1) is 6.58 Å². The van der Waals surface area contributed by atoms with Gasteiger partial charge in [-0.1, -0.05) is 6.08 Å². The molecule has 0 rings (SSSR count). The summed E-state index contributed by atoms with van der Waals surface area (Å²) in [6.45, 7) is 3.32. The summed E-state index contributed by atoms with van der Waals surface area (Å²) in [5.74, 6) is 0. The van der Waals surface area contributed by atoms with E-state index in [4.69, 9.17) is 0 Å². The van der Waals surface area contributed by atoms with Crippen LogP contribution in [0.25, 0.3) is 0 Å². The quantitative estimate of drug-likeness (QED) is 0.288. The smallest absolute Gasteiger partial charge is 0.123 e. The van der Waals surface area contributed by atoms with Crippen molar-refractivity contribution >= 4 is 16.2 Å². The van der Waals surface area contributed by atoms with Gasteiger partial charge in [-0.2, -0.15) is 9.90 Å². The van der Waals surface area contributed by atoms with Crippen LogP contribution < -0.4 is 0 Å². The van der Waals surface area contributed by atoms with Crippen LogP contribution in [-0.4, -0.2) is 6.29 Å². The van der Waals surface area contributed by atoms with E-state index in [0.717, 1.165) is 6.29 Å². The lowest BCUT2D eigenvalue weighted by molar-refractivity contribution is -0.107. The van der Waals surface area contributed by atoms with Crippen LogP contribution in [-0.2, 0) is 4.79 Å². The highest BCUT2D eigenvalue weighted by atomic mass is 31.0. The van der Waals surface area contributed by atoms with Crippen molar-refractivity contribution in [1.29, 1.82) is 0 Å².